The average molecular weight is 590 g/mol. The van der Waals surface area contributed by atoms with Gasteiger partial charge in [0.1, 0.15) is 27.9 Å². The maximum absolute atomic E-state index is 6.50. The molecular weight excluding hydrogens is 566 g/mol. The van der Waals surface area contributed by atoms with Crippen molar-refractivity contribution < 1.29 is 13.3 Å². The Bertz CT molecular complexity index is 3040. The highest BCUT2D eigenvalue weighted by Crippen LogP contribution is 2.44. The van der Waals surface area contributed by atoms with Crippen molar-refractivity contribution in [3.63, 3.8) is 0 Å². The molecule has 4 heteroatoms. The van der Waals surface area contributed by atoms with Gasteiger partial charge in [-0.1, -0.05) is 84.9 Å². The van der Waals surface area contributed by atoms with Crippen molar-refractivity contribution in [2.45, 2.75) is 0 Å². The summed E-state index contributed by atoms with van der Waals surface area (Å²) < 4.78 is 21.8. The molecule has 4 aromatic heterocycles. The van der Waals surface area contributed by atoms with Crippen LogP contribution in [0.5, 0.6) is 0 Å². The third-order valence-electron chi connectivity index (χ3n) is 9.61. The van der Waals surface area contributed by atoms with Crippen LogP contribution in [0.2, 0.25) is 0 Å². The fourth-order valence-electron chi connectivity index (χ4n) is 7.63. The molecule has 4 heterocycles. The highest BCUT2D eigenvalue weighted by Gasteiger charge is 2.21. The number of nitrogens with zero attached hydrogens (tertiary/aromatic N) is 1. The van der Waals surface area contributed by atoms with Crippen molar-refractivity contribution in [1.82, 2.24) is 4.57 Å². The summed E-state index contributed by atoms with van der Waals surface area (Å²) in [6.45, 7) is 0. The summed E-state index contributed by atoms with van der Waals surface area (Å²) in [7, 11) is 0. The SMILES string of the molecule is c1ccc2c(c1)oc1c(-n3c4ccccc4c4cc(-c5cccc6oc7ccc8c9ccccc9oc8c7c56)ccc43)cccc12. The molecule has 214 valence electrons. The number of hydrogen-bond acceptors (Lipinski definition) is 3. The molecule has 0 aliphatic heterocycles. The predicted molar refractivity (Wildman–Crippen MR) is 188 cm³/mol. The van der Waals surface area contributed by atoms with Gasteiger partial charge in [0.2, 0.25) is 0 Å². The average Bonchev–Trinajstić information content (AvgIpc) is 3.86. The molecule has 0 saturated carbocycles. The van der Waals surface area contributed by atoms with E-state index in [-0.39, 0.29) is 0 Å². The van der Waals surface area contributed by atoms with Gasteiger partial charge in [0.05, 0.1) is 22.1 Å². The van der Waals surface area contributed by atoms with Crippen LogP contribution in [0.3, 0.4) is 0 Å². The lowest BCUT2D eigenvalue weighted by atomic mass is 9.97. The van der Waals surface area contributed by atoms with Gasteiger partial charge in [0.15, 0.2) is 5.58 Å². The molecule has 0 N–H and O–H groups in total. The Morgan fingerprint density at radius 1 is 0.370 bits per heavy atom. The van der Waals surface area contributed by atoms with E-state index in [9.17, 15) is 0 Å². The Kier molecular flexibility index (Phi) is 4.55. The van der Waals surface area contributed by atoms with Crippen molar-refractivity contribution in [2.75, 3.05) is 0 Å². The minimum atomic E-state index is 0.825. The van der Waals surface area contributed by atoms with Crippen molar-refractivity contribution in [1.29, 1.82) is 0 Å². The summed E-state index contributed by atoms with van der Waals surface area (Å²) in [4.78, 5) is 0. The van der Waals surface area contributed by atoms with Crippen LogP contribution in [0, 0.1) is 0 Å². The summed E-state index contributed by atoms with van der Waals surface area (Å²) in [5, 5.41) is 8.90. The molecule has 4 nitrogen and oxygen atoms in total. The lowest BCUT2D eigenvalue weighted by Gasteiger charge is -2.09. The molecule has 0 unspecified atom stereocenters. The number of hydrogen-bond donors (Lipinski definition) is 0. The first-order chi connectivity index (χ1) is 22.8. The van der Waals surface area contributed by atoms with Gasteiger partial charge >= 0.3 is 0 Å². The molecule has 7 aromatic carbocycles. The van der Waals surface area contributed by atoms with Gasteiger partial charge in [-0.3, -0.25) is 0 Å². The van der Waals surface area contributed by atoms with E-state index in [0.717, 1.165) is 93.7 Å². The van der Waals surface area contributed by atoms with Crippen LogP contribution < -0.4 is 0 Å². The molecule has 11 rings (SSSR count). The molecule has 0 fully saturated rings. The fraction of sp³-hybridized carbons (Fsp3) is 0. The monoisotopic (exact) mass is 589 g/mol. The van der Waals surface area contributed by atoms with E-state index in [1.807, 2.05) is 30.3 Å². The number of rotatable bonds is 2. The quantitative estimate of drug-likeness (QED) is 0.201. The lowest BCUT2D eigenvalue weighted by molar-refractivity contribution is 0.662. The summed E-state index contributed by atoms with van der Waals surface area (Å²) in [5.41, 5.74) is 10.7. The zero-order valence-corrected chi connectivity index (χ0v) is 24.5. The van der Waals surface area contributed by atoms with Gasteiger partial charge in [-0.2, -0.15) is 0 Å². The van der Waals surface area contributed by atoms with Crippen molar-refractivity contribution in [3.05, 3.63) is 140 Å². The Hall–Kier alpha value is -6.26. The molecule has 0 spiro atoms. The van der Waals surface area contributed by atoms with Crippen LogP contribution in [-0.2, 0) is 0 Å². The smallest absolute Gasteiger partial charge is 0.159 e. The molecule has 0 radical (unpaired) electrons. The van der Waals surface area contributed by atoms with Crippen molar-refractivity contribution in [3.8, 4) is 16.8 Å². The first kappa shape index (κ1) is 24.1. The molecule has 0 aliphatic carbocycles. The Morgan fingerprint density at radius 2 is 1.00 bits per heavy atom. The summed E-state index contributed by atoms with van der Waals surface area (Å²) in [5.74, 6) is 0. The van der Waals surface area contributed by atoms with Crippen LogP contribution in [0.1, 0.15) is 0 Å². The first-order valence-electron chi connectivity index (χ1n) is 15.5. The van der Waals surface area contributed by atoms with Gasteiger partial charge in [-0.15, -0.1) is 0 Å². The number of fused-ring (bicyclic) bond motifs is 13. The maximum Gasteiger partial charge on any atom is 0.159 e. The van der Waals surface area contributed by atoms with E-state index in [4.69, 9.17) is 13.3 Å². The standard InChI is InChI=1S/C42H23NO3/c1-4-14-32-26(9-1)31-23-24(19-21-33(31)43(32)34-15-7-13-29-27-10-2-5-16-35(27)45-41(29)34)25-12-8-18-37-39(25)40-38(44-37)22-20-30-28-11-3-6-17-36(28)46-42(30)40/h1-23H. The van der Waals surface area contributed by atoms with Gasteiger partial charge in [-0.25, -0.2) is 0 Å². The van der Waals surface area contributed by atoms with Crippen molar-refractivity contribution >= 4 is 87.6 Å². The van der Waals surface area contributed by atoms with E-state index < -0.39 is 0 Å². The van der Waals surface area contributed by atoms with E-state index >= 15 is 0 Å². The fourth-order valence-corrected chi connectivity index (χ4v) is 7.63. The zero-order chi connectivity index (χ0) is 29.9. The van der Waals surface area contributed by atoms with Gasteiger partial charge in [0.25, 0.3) is 0 Å². The second-order valence-corrected chi connectivity index (χ2v) is 12.0. The predicted octanol–water partition coefficient (Wildman–Crippen LogP) is 12.1. The third-order valence-corrected chi connectivity index (χ3v) is 9.61. The van der Waals surface area contributed by atoms with Crippen LogP contribution in [0.4, 0.5) is 0 Å². The topological polar surface area (TPSA) is 44.4 Å². The van der Waals surface area contributed by atoms with Crippen molar-refractivity contribution in [2.24, 2.45) is 0 Å². The summed E-state index contributed by atoms with van der Waals surface area (Å²) >= 11 is 0. The molecule has 0 aliphatic rings. The summed E-state index contributed by atoms with van der Waals surface area (Å²) in [6.07, 6.45) is 0. The minimum Gasteiger partial charge on any atom is -0.456 e. The molecule has 0 atom stereocenters. The van der Waals surface area contributed by atoms with E-state index in [1.165, 1.54) is 10.8 Å². The first-order valence-corrected chi connectivity index (χ1v) is 15.5. The number of furan rings is 3. The Morgan fingerprint density at radius 3 is 1.85 bits per heavy atom. The van der Waals surface area contributed by atoms with Gasteiger partial charge < -0.3 is 17.8 Å². The number of benzene rings is 7. The van der Waals surface area contributed by atoms with E-state index in [2.05, 4.69) is 114 Å². The van der Waals surface area contributed by atoms with Gasteiger partial charge in [-0.05, 0) is 65.7 Å². The van der Waals surface area contributed by atoms with E-state index in [1.54, 1.807) is 0 Å². The van der Waals surface area contributed by atoms with Crippen LogP contribution >= 0.6 is 0 Å². The normalized spacial score (nSPS) is 12.3. The summed E-state index contributed by atoms with van der Waals surface area (Å²) in [6, 6.07) is 48.8. The Balaban J connectivity index is 1.21. The molecule has 46 heavy (non-hydrogen) atoms. The largest absolute Gasteiger partial charge is 0.456 e. The highest BCUT2D eigenvalue weighted by atomic mass is 16.3. The zero-order valence-electron chi connectivity index (χ0n) is 24.5. The number of aromatic nitrogens is 1. The van der Waals surface area contributed by atoms with Gasteiger partial charge in [0, 0.05) is 37.7 Å². The van der Waals surface area contributed by atoms with Crippen LogP contribution in [0.15, 0.2) is 153 Å². The molecule has 11 aromatic rings. The molecule has 0 bridgehead atoms. The van der Waals surface area contributed by atoms with Crippen LogP contribution in [-0.4, -0.2) is 4.57 Å². The molecule has 0 amide bonds. The molecule has 0 saturated heterocycles. The Labute approximate surface area is 261 Å². The molecular formula is C42H23NO3. The second kappa shape index (κ2) is 8.68. The third kappa shape index (κ3) is 3.07. The number of para-hydroxylation sites is 4. The second-order valence-electron chi connectivity index (χ2n) is 12.0. The maximum atomic E-state index is 6.50. The highest BCUT2D eigenvalue weighted by molar-refractivity contribution is 6.25. The lowest BCUT2D eigenvalue weighted by Crippen LogP contribution is -1.94. The van der Waals surface area contributed by atoms with Crippen LogP contribution in [0.25, 0.3) is 104 Å². The van der Waals surface area contributed by atoms with E-state index in [0.29, 0.717) is 0 Å². The minimum absolute atomic E-state index is 0.825.